The number of nitrogens with one attached hydrogen (secondary N) is 1. The smallest absolute Gasteiger partial charge is 0.0434 e. The fraction of sp³-hybridized carbons (Fsp3) is 0.714. The van der Waals surface area contributed by atoms with E-state index in [4.69, 9.17) is 5.11 Å². The van der Waals surface area contributed by atoms with Gasteiger partial charge in [0.25, 0.3) is 0 Å². The number of rotatable bonds is 8. The molecule has 98 valence electrons. The van der Waals surface area contributed by atoms with Crippen LogP contribution in [0.4, 0.5) is 0 Å². The molecule has 0 aromatic carbocycles. The largest absolute Gasteiger partial charge is 0.396 e. The minimum absolute atomic E-state index is 0.299. The second-order valence-electron chi connectivity index (χ2n) is 4.57. The summed E-state index contributed by atoms with van der Waals surface area (Å²) in [6.45, 7) is 7.90. The van der Waals surface area contributed by atoms with Crippen molar-refractivity contribution in [1.82, 2.24) is 5.32 Å². The summed E-state index contributed by atoms with van der Waals surface area (Å²) in [5, 5.41) is 12.5. The summed E-state index contributed by atoms with van der Waals surface area (Å²) in [6, 6.07) is 4.88. The average Bonchev–Trinajstić information content (AvgIpc) is 2.82. The first kappa shape index (κ1) is 14.7. The molecular weight excluding hydrogens is 230 g/mol. The van der Waals surface area contributed by atoms with E-state index in [0.29, 0.717) is 18.6 Å². The van der Waals surface area contributed by atoms with E-state index in [1.807, 2.05) is 11.3 Å². The Hall–Kier alpha value is -0.380. The van der Waals surface area contributed by atoms with Gasteiger partial charge in [0.2, 0.25) is 0 Å². The highest BCUT2D eigenvalue weighted by Crippen LogP contribution is 2.23. The van der Waals surface area contributed by atoms with E-state index in [9.17, 15) is 0 Å². The van der Waals surface area contributed by atoms with E-state index in [-0.39, 0.29) is 0 Å². The van der Waals surface area contributed by atoms with Crippen LogP contribution in [0.3, 0.4) is 0 Å². The van der Waals surface area contributed by atoms with Crippen LogP contribution in [0.15, 0.2) is 12.1 Å². The van der Waals surface area contributed by atoms with Crippen molar-refractivity contribution in [3.05, 3.63) is 21.9 Å². The monoisotopic (exact) mass is 255 g/mol. The highest BCUT2D eigenvalue weighted by atomic mass is 32.1. The maximum atomic E-state index is 8.96. The molecule has 1 heterocycles. The molecule has 0 aliphatic carbocycles. The summed E-state index contributed by atoms with van der Waals surface area (Å²) in [4.78, 5) is 2.87. The standard InChI is InChI=1S/C14H25NOS/c1-4-12(8-9-16)10-15-11(3)14-7-6-13(5-2)17-14/h6-7,11-12,15-16H,4-5,8-10H2,1-3H3. The van der Waals surface area contributed by atoms with Crippen LogP contribution in [-0.2, 0) is 6.42 Å². The van der Waals surface area contributed by atoms with Crippen molar-refractivity contribution < 1.29 is 5.11 Å². The Balaban J connectivity index is 2.40. The quantitative estimate of drug-likeness (QED) is 0.746. The molecule has 0 radical (unpaired) electrons. The van der Waals surface area contributed by atoms with Crippen molar-refractivity contribution in [3.63, 3.8) is 0 Å². The average molecular weight is 255 g/mol. The molecule has 17 heavy (non-hydrogen) atoms. The summed E-state index contributed by atoms with van der Waals surface area (Å²) in [5.41, 5.74) is 0. The lowest BCUT2D eigenvalue weighted by molar-refractivity contribution is 0.249. The van der Waals surface area contributed by atoms with E-state index in [0.717, 1.165) is 25.8 Å². The molecular formula is C14H25NOS. The molecule has 0 bridgehead atoms. The van der Waals surface area contributed by atoms with Gasteiger partial charge in [0.15, 0.2) is 0 Å². The maximum Gasteiger partial charge on any atom is 0.0434 e. The van der Waals surface area contributed by atoms with Crippen LogP contribution in [-0.4, -0.2) is 18.3 Å². The van der Waals surface area contributed by atoms with Gasteiger partial charge < -0.3 is 10.4 Å². The SMILES string of the molecule is CCc1ccc(C(C)NCC(CC)CCO)s1. The van der Waals surface area contributed by atoms with E-state index < -0.39 is 0 Å². The summed E-state index contributed by atoms with van der Waals surface area (Å²) in [6.07, 6.45) is 3.16. The zero-order valence-electron chi connectivity index (χ0n) is 11.2. The molecule has 2 atom stereocenters. The molecule has 2 nitrogen and oxygen atoms in total. The number of hydrogen-bond acceptors (Lipinski definition) is 3. The predicted molar refractivity (Wildman–Crippen MR) is 75.6 cm³/mol. The summed E-state index contributed by atoms with van der Waals surface area (Å²) < 4.78 is 0. The van der Waals surface area contributed by atoms with Crippen LogP contribution in [0.2, 0.25) is 0 Å². The van der Waals surface area contributed by atoms with Crippen molar-refractivity contribution in [3.8, 4) is 0 Å². The van der Waals surface area contributed by atoms with Crippen LogP contribution in [0.1, 0.15) is 49.4 Å². The lowest BCUT2D eigenvalue weighted by atomic mass is 10.0. The topological polar surface area (TPSA) is 32.3 Å². The Kier molecular flexibility index (Phi) is 6.78. The zero-order valence-corrected chi connectivity index (χ0v) is 12.0. The van der Waals surface area contributed by atoms with Crippen molar-refractivity contribution >= 4 is 11.3 Å². The van der Waals surface area contributed by atoms with Gasteiger partial charge >= 0.3 is 0 Å². The Morgan fingerprint density at radius 3 is 2.65 bits per heavy atom. The van der Waals surface area contributed by atoms with Gasteiger partial charge in [0, 0.05) is 22.4 Å². The third-order valence-electron chi connectivity index (χ3n) is 3.29. The van der Waals surface area contributed by atoms with Gasteiger partial charge in [-0.2, -0.15) is 0 Å². The van der Waals surface area contributed by atoms with E-state index in [1.165, 1.54) is 9.75 Å². The molecule has 2 N–H and O–H groups in total. The highest BCUT2D eigenvalue weighted by Gasteiger charge is 2.11. The lowest BCUT2D eigenvalue weighted by Gasteiger charge is -2.18. The minimum Gasteiger partial charge on any atom is -0.396 e. The molecule has 1 aromatic heterocycles. The Morgan fingerprint density at radius 2 is 2.12 bits per heavy atom. The molecule has 0 saturated carbocycles. The van der Waals surface area contributed by atoms with Gasteiger partial charge in [-0.1, -0.05) is 20.3 Å². The normalized spacial score (nSPS) is 14.8. The van der Waals surface area contributed by atoms with Crippen LogP contribution < -0.4 is 5.32 Å². The van der Waals surface area contributed by atoms with Crippen LogP contribution in [0, 0.1) is 5.92 Å². The highest BCUT2D eigenvalue weighted by molar-refractivity contribution is 7.12. The van der Waals surface area contributed by atoms with Gasteiger partial charge in [0.1, 0.15) is 0 Å². The number of aliphatic hydroxyl groups excluding tert-OH is 1. The van der Waals surface area contributed by atoms with E-state index in [2.05, 4.69) is 38.2 Å². The van der Waals surface area contributed by atoms with E-state index >= 15 is 0 Å². The number of thiophene rings is 1. The number of aliphatic hydroxyl groups is 1. The second kappa shape index (κ2) is 7.85. The first-order valence-corrected chi connectivity index (χ1v) is 7.45. The van der Waals surface area contributed by atoms with Gasteiger partial charge in [-0.25, -0.2) is 0 Å². The molecule has 0 aliphatic rings. The third kappa shape index (κ3) is 4.78. The molecule has 2 unspecified atom stereocenters. The Bertz CT molecular complexity index is 311. The number of hydrogen-bond donors (Lipinski definition) is 2. The first-order chi connectivity index (χ1) is 8.21. The predicted octanol–water partition coefficient (Wildman–Crippen LogP) is 3.37. The fourth-order valence-corrected chi connectivity index (χ4v) is 2.87. The van der Waals surface area contributed by atoms with E-state index in [1.54, 1.807) is 0 Å². The van der Waals surface area contributed by atoms with Gasteiger partial charge in [0.05, 0.1) is 0 Å². The second-order valence-corrected chi connectivity index (χ2v) is 5.77. The Labute approximate surface area is 109 Å². The Morgan fingerprint density at radius 1 is 1.35 bits per heavy atom. The lowest BCUT2D eigenvalue weighted by Crippen LogP contribution is -2.25. The molecule has 0 aliphatic heterocycles. The zero-order chi connectivity index (χ0) is 12.7. The van der Waals surface area contributed by atoms with Crippen LogP contribution in [0.5, 0.6) is 0 Å². The van der Waals surface area contributed by atoms with Gasteiger partial charge in [-0.15, -0.1) is 11.3 Å². The summed E-state index contributed by atoms with van der Waals surface area (Å²) in [5.74, 6) is 0.591. The summed E-state index contributed by atoms with van der Waals surface area (Å²) >= 11 is 1.90. The molecule has 0 spiro atoms. The summed E-state index contributed by atoms with van der Waals surface area (Å²) in [7, 11) is 0. The van der Waals surface area contributed by atoms with Crippen molar-refractivity contribution in [2.24, 2.45) is 5.92 Å². The number of aryl methyl sites for hydroxylation is 1. The maximum absolute atomic E-state index is 8.96. The van der Waals surface area contributed by atoms with Crippen molar-refractivity contribution in [1.29, 1.82) is 0 Å². The molecule has 0 fully saturated rings. The van der Waals surface area contributed by atoms with Crippen molar-refractivity contribution in [2.75, 3.05) is 13.2 Å². The van der Waals surface area contributed by atoms with Crippen LogP contribution in [0.25, 0.3) is 0 Å². The van der Waals surface area contributed by atoms with Crippen LogP contribution >= 0.6 is 11.3 Å². The van der Waals surface area contributed by atoms with Crippen molar-refractivity contribution in [2.45, 2.75) is 46.1 Å². The molecule has 1 rings (SSSR count). The fourth-order valence-electron chi connectivity index (χ4n) is 1.89. The third-order valence-corrected chi connectivity index (χ3v) is 4.70. The van der Waals surface area contributed by atoms with Gasteiger partial charge in [-0.05, 0) is 44.4 Å². The molecule has 0 amide bonds. The first-order valence-electron chi connectivity index (χ1n) is 6.64. The van der Waals surface area contributed by atoms with Gasteiger partial charge in [-0.3, -0.25) is 0 Å². The molecule has 3 heteroatoms. The minimum atomic E-state index is 0.299. The molecule has 0 saturated heterocycles. The molecule has 1 aromatic rings.